The standard InChI is InChI=1S/C13H17ClN2O3/c1-8-6-16(7-9(2)19-8)13(17)10-4-11(18-3)12(14)15-5-10/h4-5,8-9H,6-7H2,1-3H3/t8-,9+. The minimum atomic E-state index is -0.0792. The van der Waals surface area contributed by atoms with Gasteiger partial charge in [0.15, 0.2) is 10.9 Å². The minimum Gasteiger partial charge on any atom is -0.493 e. The van der Waals surface area contributed by atoms with Crippen molar-refractivity contribution in [3.63, 3.8) is 0 Å². The van der Waals surface area contributed by atoms with Gasteiger partial charge in [0.2, 0.25) is 0 Å². The van der Waals surface area contributed by atoms with Crippen molar-refractivity contribution in [2.24, 2.45) is 0 Å². The van der Waals surface area contributed by atoms with Crippen LogP contribution in [0.3, 0.4) is 0 Å². The summed E-state index contributed by atoms with van der Waals surface area (Å²) in [4.78, 5) is 18.1. The topological polar surface area (TPSA) is 51.7 Å². The Kier molecular flexibility index (Phi) is 4.27. The molecule has 2 atom stereocenters. The molecule has 1 aliphatic rings. The van der Waals surface area contributed by atoms with Gasteiger partial charge in [-0.2, -0.15) is 0 Å². The molecule has 0 radical (unpaired) electrons. The van der Waals surface area contributed by atoms with Crippen molar-refractivity contribution in [1.82, 2.24) is 9.88 Å². The smallest absolute Gasteiger partial charge is 0.255 e. The monoisotopic (exact) mass is 284 g/mol. The van der Waals surface area contributed by atoms with Gasteiger partial charge in [0, 0.05) is 19.3 Å². The van der Waals surface area contributed by atoms with Gasteiger partial charge in [0.1, 0.15) is 0 Å². The molecule has 0 spiro atoms. The summed E-state index contributed by atoms with van der Waals surface area (Å²) in [6, 6.07) is 1.61. The fourth-order valence-corrected chi connectivity index (χ4v) is 2.39. The lowest BCUT2D eigenvalue weighted by atomic mass is 10.2. The highest BCUT2D eigenvalue weighted by atomic mass is 35.5. The quantitative estimate of drug-likeness (QED) is 0.780. The van der Waals surface area contributed by atoms with Gasteiger partial charge in [-0.3, -0.25) is 4.79 Å². The molecule has 1 aliphatic heterocycles. The third kappa shape index (κ3) is 3.16. The number of nitrogens with zero attached hydrogens (tertiary/aromatic N) is 2. The van der Waals surface area contributed by atoms with Crippen LogP contribution >= 0.6 is 11.6 Å². The van der Waals surface area contributed by atoms with Crippen LogP contribution in [-0.2, 0) is 4.74 Å². The molecule has 1 fully saturated rings. The second kappa shape index (κ2) is 5.75. The van der Waals surface area contributed by atoms with Gasteiger partial charge in [0.05, 0.1) is 24.9 Å². The summed E-state index contributed by atoms with van der Waals surface area (Å²) in [7, 11) is 1.50. The summed E-state index contributed by atoms with van der Waals surface area (Å²) in [6.07, 6.45) is 1.54. The predicted molar refractivity (Wildman–Crippen MR) is 71.7 cm³/mol. The van der Waals surface area contributed by atoms with Crippen LogP contribution in [0.5, 0.6) is 5.75 Å². The first-order valence-corrected chi connectivity index (χ1v) is 6.53. The van der Waals surface area contributed by atoms with E-state index in [1.807, 2.05) is 13.8 Å². The first-order chi connectivity index (χ1) is 9.01. The van der Waals surface area contributed by atoms with Gasteiger partial charge >= 0.3 is 0 Å². The number of aromatic nitrogens is 1. The van der Waals surface area contributed by atoms with E-state index in [2.05, 4.69) is 4.98 Å². The highest BCUT2D eigenvalue weighted by Crippen LogP contribution is 2.23. The van der Waals surface area contributed by atoms with Crippen molar-refractivity contribution >= 4 is 17.5 Å². The molecule has 0 saturated carbocycles. The van der Waals surface area contributed by atoms with Gasteiger partial charge in [-0.25, -0.2) is 4.98 Å². The van der Waals surface area contributed by atoms with E-state index < -0.39 is 0 Å². The summed E-state index contributed by atoms with van der Waals surface area (Å²) >= 11 is 5.85. The number of carbonyl (C=O) groups excluding carboxylic acids is 1. The maximum absolute atomic E-state index is 12.4. The van der Waals surface area contributed by atoms with E-state index in [9.17, 15) is 4.79 Å². The predicted octanol–water partition coefficient (Wildman–Crippen LogP) is 1.99. The Hall–Kier alpha value is -1.33. The Morgan fingerprint density at radius 3 is 2.68 bits per heavy atom. The van der Waals surface area contributed by atoms with Crippen LogP contribution in [0.25, 0.3) is 0 Å². The first-order valence-electron chi connectivity index (χ1n) is 6.15. The van der Waals surface area contributed by atoms with Crippen LogP contribution in [0.1, 0.15) is 24.2 Å². The molecule has 1 amide bonds. The molecule has 0 unspecified atom stereocenters. The molecule has 0 bridgehead atoms. The fourth-order valence-electron chi connectivity index (χ4n) is 2.21. The van der Waals surface area contributed by atoms with Crippen LogP contribution in [0.15, 0.2) is 12.3 Å². The van der Waals surface area contributed by atoms with E-state index in [0.29, 0.717) is 24.4 Å². The molecule has 1 aromatic heterocycles. The molecule has 0 N–H and O–H groups in total. The van der Waals surface area contributed by atoms with E-state index in [1.54, 1.807) is 11.0 Å². The highest BCUT2D eigenvalue weighted by molar-refractivity contribution is 6.30. The van der Waals surface area contributed by atoms with Crippen molar-refractivity contribution in [2.75, 3.05) is 20.2 Å². The maximum Gasteiger partial charge on any atom is 0.255 e. The number of halogens is 1. The van der Waals surface area contributed by atoms with E-state index in [4.69, 9.17) is 21.1 Å². The van der Waals surface area contributed by atoms with Crippen molar-refractivity contribution < 1.29 is 14.3 Å². The number of ether oxygens (including phenoxy) is 2. The van der Waals surface area contributed by atoms with Gasteiger partial charge in [-0.05, 0) is 19.9 Å². The Bertz CT molecular complexity index is 471. The first kappa shape index (κ1) is 14.1. The number of carbonyl (C=O) groups is 1. The molecule has 6 heteroatoms. The molecule has 2 rings (SSSR count). The maximum atomic E-state index is 12.4. The van der Waals surface area contributed by atoms with Gasteiger partial charge < -0.3 is 14.4 Å². The van der Waals surface area contributed by atoms with Crippen molar-refractivity contribution in [1.29, 1.82) is 0 Å². The Labute approximate surface area is 117 Å². The van der Waals surface area contributed by atoms with E-state index in [1.165, 1.54) is 13.3 Å². The molecule has 5 nitrogen and oxygen atoms in total. The fraction of sp³-hybridized carbons (Fsp3) is 0.538. The minimum absolute atomic E-state index is 0.0369. The summed E-state index contributed by atoms with van der Waals surface area (Å²) < 4.78 is 10.7. The van der Waals surface area contributed by atoms with Gasteiger partial charge in [0.25, 0.3) is 5.91 Å². The van der Waals surface area contributed by atoms with Crippen LogP contribution < -0.4 is 4.74 Å². The lowest BCUT2D eigenvalue weighted by molar-refractivity contribution is -0.0586. The number of amides is 1. The Morgan fingerprint density at radius 1 is 1.47 bits per heavy atom. The number of hydrogen-bond donors (Lipinski definition) is 0. The van der Waals surface area contributed by atoms with Gasteiger partial charge in [-0.15, -0.1) is 0 Å². The molecule has 19 heavy (non-hydrogen) atoms. The lowest BCUT2D eigenvalue weighted by Crippen LogP contribution is -2.48. The third-order valence-corrected chi connectivity index (χ3v) is 3.26. The van der Waals surface area contributed by atoms with Crippen LogP contribution in [-0.4, -0.2) is 48.2 Å². The van der Waals surface area contributed by atoms with Gasteiger partial charge in [-0.1, -0.05) is 11.6 Å². The van der Waals surface area contributed by atoms with E-state index in [0.717, 1.165) is 0 Å². The average Bonchev–Trinajstić information content (AvgIpc) is 2.37. The number of morpholine rings is 1. The van der Waals surface area contributed by atoms with Crippen LogP contribution in [0, 0.1) is 0 Å². The number of hydrogen-bond acceptors (Lipinski definition) is 4. The molecular weight excluding hydrogens is 268 g/mol. The largest absolute Gasteiger partial charge is 0.493 e. The molecule has 1 saturated heterocycles. The molecule has 104 valence electrons. The zero-order chi connectivity index (χ0) is 14.0. The second-order valence-electron chi connectivity index (χ2n) is 4.68. The van der Waals surface area contributed by atoms with Crippen molar-refractivity contribution in [3.05, 3.63) is 23.0 Å². The molecule has 1 aromatic rings. The van der Waals surface area contributed by atoms with Crippen molar-refractivity contribution in [3.8, 4) is 5.75 Å². The summed E-state index contributed by atoms with van der Waals surface area (Å²) in [5.41, 5.74) is 0.475. The zero-order valence-corrected chi connectivity index (χ0v) is 12.0. The number of methoxy groups -OCH3 is 1. The second-order valence-corrected chi connectivity index (χ2v) is 5.04. The normalized spacial score (nSPS) is 23.3. The summed E-state index contributed by atoms with van der Waals surface area (Å²) in [5.74, 6) is 0.325. The number of rotatable bonds is 2. The average molecular weight is 285 g/mol. The summed E-state index contributed by atoms with van der Waals surface area (Å²) in [6.45, 7) is 5.06. The molecule has 0 aromatic carbocycles. The molecule has 2 heterocycles. The lowest BCUT2D eigenvalue weighted by Gasteiger charge is -2.35. The van der Waals surface area contributed by atoms with E-state index >= 15 is 0 Å². The molecule has 0 aliphatic carbocycles. The third-order valence-electron chi connectivity index (χ3n) is 2.98. The van der Waals surface area contributed by atoms with Crippen LogP contribution in [0.4, 0.5) is 0 Å². The zero-order valence-electron chi connectivity index (χ0n) is 11.2. The highest BCUT2D eigenvalue weighted by Gasteiger charge is 2.27. The SMILES string of the molecule is COc1cc(C(=O)N2C[C@@H](C)O[C@@H](C)C2)cnc1Cl. The van der Waals surface area contributed by atoms with Crippen molar-refractivity contribution in [2.45, 2.75) is 26.1 Å². The number of pyridine rings is 1. The molecular formula is C13H17ClN2O3. The Balaban J connectivity index is 2.19. The van der Waals surface area contributed by atoms with Crippen LogP contribution in [0.2, 0.25) is 5.15 Å². The Morgan fingerprint density at radius 2 is 2.11 bits per heavy atom. The van der Waals surface area contributed by atoms with E-state index in [-0.39, 0.29) is 23.3 Å². The summed E-state index contributed by atoms with van der Waals surface area (Å²) in [5, 5.41) is 0.253.